The maximum Gasteiger partial charge on any atom is 0.199 e. The predicted octanol–water partition coefficient (Wildman–Crippen LogP) is 4.09. The maximum absolute atomic E-state index is 5.96. The van der Waals surface area contributed by atoms with Crippen LogP contribution in [0.3, 0.4) is 0 Å². The molecule has 0 unspecified atom stereocenters. The lowest BCUT2D eigenvalue weighted by molar-refractivity contribution is 0.263. The number of ether oxygens (including phenoxy) is 2. The van der Waals surface area contributed by atoms with Gasteiger partial charge in [-0.2, -0.15) is 0 Å². The van der Waals surface area contributed by atoms with Gasteiger partial charge in [-0.05, 0) is 37.8 Å². The highest BCUT2D eigenvalue weighted by atomic mass is 16.5. The van der Waals surface area contributed by atoms with Crippen LogP contribution in [0.1, 0.15) is 25.0 Å². The molecule has 2 aromatic rings. The van der Waals surface area contributed by atoms with Crippen molar-refractivity contribution in [2.45, 2.75) is 38.8 Å². The highest BCUT2D eigenvalue weighted by Crippen LogP contribution is 2.30. The molecule has 2 aliphatic rings. The summed E-state index contributed by atoms with van der Waals surface area (Å²) < 4.78 is 11.9. The minimum atomic E-state index is -0.434. The van der Waals surface area contributed by atoms with Crippen LogP contribution in [0.25, 0.3) is 0 Å². The van der Waals surface area contributed by atoms with Gasteiger partial charge in [-0.3, -0.25) is 0 Å². The first-order valence-corrected chi connectivity index (χ1v) is 9.61. The fourth-order valence-corrected chi connectivity index (χ4v) is 3.59. The number of rotatable bonds is 6. The second-order valence-corrected chi connectivity index (χ2v) is 7.80. The minimum Gasteiger partial charge on any atom is -0.478 e. The molecule has 0 aromatic heterocycles. The fraction of sp³-hybridized carbons (Fsp3) is 0.391. The van der Waals surface area contributed by atoms with Gasteiger partial charge in [0, 0.05) is 0 Å². The van der Waals surface area contributed by atoms with Crippen molar-refractivity contribution >= 4 is 11.8 Å². The summed E-state index contributed by atoms with van der Waals surface area (Å²) in [6.07, 6.45) is 1.79. The Morgan fingerprint density at radius 2 is 1.15 bits per heavy atom. The van der Waals surface area contributed by atoms with Crippen molar-refractivity contribution in [3.05, 3.63) is 71.8 Å². The molecule has 0 N–H and O–H groups in total. The Bertz CT molecular complexity index is 758. The second kappa shape index (κ2) is 7.55. The molecule has 0 aliphatic carbocycles. The molecule has 0 saturated heterocycles. The molecule has 0 radical (unpaired) electrons. The summed E-state index contributed by atoms with van der Waals surface area (Å²) in [6, 6.07) is 21.2. The van der Waals surface area contributed by atoms with E-state index >= 15 is 0 Å². The normalized spacial score (nSPS) is 22.0. The first-order valence-electron chi connectivity index (χ1n) is 9.61. The first-order chi connectivity index (χ1) is 13.1. The second-order valence-electron chi connectivity index (χ2n) is 7.80. The van der Waals surface area contributed by atoms with Gasteiger partial charge >= 0.3 is 0 Å². The SMILES string of the molecule is CC(C)(C1=N[C@@H](Cc2ccccc2)CO1)C1=N[C@@H](Cc2ccccc2)CO1. The summed E-state index contributed by atoms with van der Waals surface area (Å²) in [4.78, 5) is 9.68. The predicted molar refractivity (Wildman–Crippen MR) is 108 cm³/mol. The zero-order chi connectivity index (χ0) is 18.7. The molecule has 2 aromatic carbocycles. The molecule has 0 bridgehead atoms. The van der Waals surface area contributed by atoms with E-state index in [1.165, 1.54) is 11.1 Å². The van der Waals surface area contributed by atoms with Crippen molar-refractivity contribution < 1.29 is 9.47 Å². The Kier molecular flexibility index (Phi) is 4.97. The number of benzene rings is 2. The van der Waals surface area contributed by atoms with Gasteiger partial charge in [0.1, 0.15) is 18.6 Å². The number of nitrogens with zero attached hydrogens (tertiary/aromatic N) is 2. The molecular weight excluding hydrogens is 336 g/mol. The highest BCUT2D eigenvalue weighted by Gasteiger charge is 2.41. The van der Waals surface area contributed by atoms with Crippen molar-refractivity contribution in [2.24, 2.45) is 15.4 Å². The third-order valence-electron chi connectivity index (χ3n) is 5.12. The molecule has 2 atom stereocenters. The van der Waals surface area contributed by atoms with Gasteiger partial charge < -0.3 is 9.47 Å². The summed E-state index contributed by atoms with van der Waals surface area (Å²) in [5, 5.41) is 0. The van der Waals surface area contributed by atoms with E-state index in [9.17, 15) is 0 Å². The summed E-state index contributed by atoms with van der Waals surface area (Å²) in [5.41, 5.74) is 2.13. The average molecular weight is 362 g/mol. The standard InChI is InChI=1S/C23H26N2O2/c1-23(2,21-24-19(15-26-21)13-17-9-5-3-6-10-17)22-25-20(16-27-22)14-18-11-7-4-8-12-18/h3-12,19-20H,13-16H2,1-2H3/t19-,20-/m0/s1. The molecule has 0 fully saturated rings. The van der Waals surface area contributed by atoms with E-state index in [0.29, 0.717) is 13.2 Å². The maximum atomic E-state index is 5.96. The van der Waals surface area contributed by atoms with E-state index in [-0.39, 0.29) is 12.1 Å². The largest absolute Gasteiger partial charge is 0.478 e. The Morgan fingerprint density at radius 3 is 1.56 bits per heavy atom. The van der Waals surface area contributed by atoms with Gasteiger partial charge in [0.05, 0.1) is 12.1 Å². The highest BCUT2D eigenvalue weighted by molar-refractivity contribution is 6.05. The Hall–Kier alpha value is -2.62. The van der Waals surface area contributed by atoms with Crippen LogP contribution in [0, 0.1) is 5.41 Å². The van der Waals surface area contributed by atoms with Crippen LogP contribution in [-0.2, 0) is 22.3 Å². The van der Waals surface area contributed by atoms with Crippen LogP contribution in [-0.4, -0.2) is 37.1 Å². The van der Waals surface area contributed by atoms with Crippen molar-refractivity contribution in [2.75, 3.05) is 13.2 Å². The molecule has 2 aliphatic heterocycles. The summed E-state index contributed by atoms with van der Waals surface area (Å²) in [7, 11) is 0. The first kappa shape index (κ1) is 17.8. The quantitative estimate of drug-likeness (QED) is 0.777. The van der Waals surface area contributed by atoms with Crippen LogP contribution in [0.2, 0.25) is 0 Å². The average Bonchev–Trinajstić information content (AvgIpc) is 3.34. The zero-order valence-electron chi connectivity index (χ0n) is 16.0. The van der Waals surface area contributed by atoms with Gasteiger partial charge in [-0.25, -0.2) is 9.98 Å². The van der Waals surface area contributed by atoms with Crippen molar-refractivity contribution in [1.29, 1.82) is 0 Å². The Morgan fingerprint density at radius 1 is 0.741 bits per heavy atom. The van der Waals surface area contributed by atoms with E-state index < -0.39 is 5.41 Å². The number of hydrogen-bond donors (Lipinski definition) is 0. The molecule has 4 rings (SSSR count). The van der Waals surface area contributed by atoms with E-state index in [1.807, 2.05) is 12.1 Å². The van der Waals surface area contributed by atoms with Gasteiger partial charge in [-0.15, -0.1) is 0 Å². The summed E-state index contributed by atoms with van der Waals surface area (Å²) >= 11 is 0. The van der Waals surface area contributed by atoms with E-state index in [1.54, 1.807) is 0 Å². The number of hydrogen-bond acceptors (Lipinski definition) is 4. The van der Waals surface area contributed by atoms with Crippen molar-refractivity contribution in [3.8, 4) is 0 Å². The molecule has 0 spiro atoms. The summed E-state index contributed by atoms with van der Waals surface area (Å²) in [6.45, 7) is 5.41. The van der Waals surface area contributed by atoms with Gasteiger partial charge in [0.2, 0.25) is 0 Å². The zero-order valence-corrected chi connectivity index (χ0v) is 16.0. The lowest BCUT2D eigenvalue weighted by Gasteiger charge is -2.22. The molecule has 4 heteroatoms. The topological polar surface area (TPSA) is 43.2 Å². The van der Waals surface area contributed by atoms with Gasteiger partial charge in [0.25, 0.3) is 0 Å². The Labute approximate surface area is 161 Å². The van der Waals surface area contributed by atoms with Gasteiger partial charge in [-0.1, -0.05) is 60.7 Å². The third kappa shape index (κ3) is 4.05. The molecule has 2 heterocycles. The van der Waals surface area contributed by atoms with Crippen molar-refractivity contribution in [1.82, 2.24) is 0 Å². The monoisotopic (exact) mass is 362 g/mol. The molecular formula is C23H26N2O2. The molecule has 140 valence electrons. The van der Waals surface area contributed by atoms with Gasteiger partial charge in [0.15, 0.2) is 11.8 Å². The molecule has 0 amide bonds. The van der Waals surface area contributed by atoms with Crippen LogP contribution in [0.15, 0.2) is 70.6 Å². The summed E-state index contributed by atoms with van der Waals surface area (Å²) in [5.74, 6) is 1.48. The third-order valence-corrected chi connectivity index (χ3v) is 5.12. The lowest BCUT2D eigenvalue weighted by atomic mass is 9.93. The van der Waals surface area contributed by atoms with Crippen LogP contribution in [0.4, 0.5) is 0 Å². The van der Waals surface area contributed by atoms with E-state index in [2.05, 4.69) is 62.4 Å². The van der Waals surface area contributed by atoms with Crippen molar-refractivity contribution in [3.63, 3.8) is 0 Å². The lowest BCUT2D eigenvalue weighted by Crippen LogP contribution is -2.34. The smallest absolute Gasteiger partial charge is 0.199 e. The van der Waals surface area contributed by atoms with Crippen LogP contribution in [0.5, 0.6) is 0 Å². The molecule has 0 saturated carbocycles. The molecule has 4 nitrogen and oxygen atoms in total. The Balaban J connectivity index is 1.43. The van der Waals surface area contributed by atoms with Crippen LogP contribution >= 0.6 is 0 Å². The fourth-order valence-electron chi connectivity index (χ4n) is 3.59. The number of aliphatic imine (C=N–C) groups is 2. The van der Waals surface area contributed by atoms with E-state index in [0.717, 1.165) is 24.6 Å². The molecule has 27 heavy (non-hydrogen) atoms. The van der Waals surface area contributed by atoms with Crippen LogP contribution < -0.4 is 0 Å². The minimum absolute atomic E-state index is 0.156. The van der Waals surface area contributed by atoms with E-state index in [4.69, 9.17) is 19.5 Å².